The van der Waals surface area contributed by atoms with Crippen LogP contribution < -0.4 is 15.0 Å². The summed E-state index contributed by atoms with van der Waals surface area (Å²) < 4.78 is 74.2. The molecule has 0 unspecified atom stereocenters. The number of aryl methyl sites for hydroxylation is 1. The number of aromatic nitrogens is 1. The highest BCUT2D eigenvalue weighted by Gasteiger charge is 2.17. The minimum atomic E-state index is -3.62. The molecule has 3 aromatic carbocycles. The Hall–Kier alpha value is -3.79. The van der Waals surface area contributed by atoms with E-state index < -0.39 is 33.0 Å². The number of hydrogen-bond donors (Lipinski definition) is 1. The molecule has 4 aromatic rings. The molecule has 1 N–H and O–H groups in total. The Morgan fingerprint density at radius 1 is 0.848 bits per heavy atom. The van der Waals surface area contributed by atoms with E-state index in [1.807, 2.05) is 0 Å². The van der Waals surface area contributed by atoms with Gasteiger partial charge in [0, 0.05) is 36.1 Å². The van der Waals surface area contributed by atoms with Gasteiger partial charge in [0.05, 0.1) is 11.6 Å². The number of nitrogens with one attached hydrogen (secondary N) is 1. The maximum Gasteiger partial charge on any atom is 0.258 e. The van der Waals surface area contributed by atoms with Crippen molar-refractivity contribution in [3.05, 3.63) is 88.6 Å². The summed E-state index contributed by atoms with van der Waals surface area (Å²) in [6.07, 6.45) is 2.46. The zero-order chi connectivity index (χ0) is 23.9. The molecule has 0 aliphatic rings. The molecule has 6 nitrogen and oxygen atoms in total. The van der Waals surface area contributed by atoms with Crippen molar-refractivity contribution in [2.75, 3.05) is 11.0 Å². The Balaban J connectivity index is 1.98. The maximum absolute atomic E-state index is 14.2. The highest BCUT2D eigenvalue weighted by molar-refractivity contribution is 7.92. The van der Waals surface area contributed by atoms with Crippen LogP contribution in [0.15, 0.2) is 65.6 Å². The van der Waals surface area contributed by atoms with Crippen LogP contribution in [0, 0.1) is 17.5 Å². The highest BCUT2D eigenvalue weighted by Crippen LogP contribution is 2.39. The van der Waals surface area contributed by atoms with Crippen molar-refractivity contribution in [2.24, 2.45) is 7.05 Å². The van der Waals surface area contributed by atoms with Gasteiger partial charge >= 0.3 is 0 Å². The van der Waals surface area contributed by atoms with E-state index in [0.717, 1.165) is 24.5 Å². The van der Waals surface area contributed by atoms with Gasteiger partial charge in [-0.2, -0.15) is 0 Å². The SMILES string of the molecule is Cn1cc(-c2cc(NS(C)(=O)=O)ccc2Oc2ccc(F)cc2F)c2ccc(F)cc2c1=O. The van der Waals surface area contributed by atoms with Crippen molar-refractivity contribution in [3.63, 3.8) is 0 Å². The number of sulfonamides is 1. The van der Waals surface area contributed by atoms with Crippen molar-refractivity contribution in [3.8, 4) is 22.6 Å². The summed E-state index contributed by atoms with van der Waals surface area (Å²) in [7, 11) is -2.14. The Morgan fingerprint density at radius 2 is 1.52 bits per heavy atom. The van der Waals surface area contributed by atoms with Crippen LogP contribution in [0.2, 0.25) is 0 Å². The van der Waals surface area contributed by atoms with Crippen molar-refractivity contribution in [1.82, 2.24) is 4.57 Å². The maximum atomic E-state index is 14.2. The molecule has 170 valence electrons. The zero-order valence-electron chi connectivity index (χ0n) is 17.4. The van der Waals surface area contributed by atoms with Gasteiger partial charge in [0.2, 0.25) is 10.0 Å². The predicted octanol–water partition coefficient (Wildman–Crippen LogP) is 4.79. The van der Waals surface area contributed by atoms with Gasteiger partial charge in [0.15, 0.2) is 11.6 Å². The Bertz CT molecular complexity index is 1570. The van der Waals surface area contributed by atoms with Crippen molar-refractivity contribution in [1.29, 1.82) is 0 Å². The van der Waals surface area contributed by atoms with E-state index in [1.165, 1.54) is 48.1 Å². The molecular formula is C23H17F3N2O4S. The second-order valence-electron chi connectivity index (χ2n) is 7.41. The molecule has 0 radical (unpaired) electrons. The molecule has 0 spiro atoms. The van der Waals surface area contributed by atoms with Crippen LogP contribution in [-0.2, 0) is 17.1 Å². The average Bonchev–Trinajstić information content (AvgIpc) is 2.72. The third kappa shape index (κ3) is 4.70. The average molecular weight is 474 g/mol. The third-order valence-corrected chi connectivity index (χ3v) is 5.44. The summed E-state index contributed by atoms with van der Waals surface area (Å²) in [5.74, 6) is -2.48. The normalized spacial score (nSPS) is 11.5. The van der Waals surface area contributed by atoms with E-state index in [-0.39, 0.29) is 22.6 Å². The molecule has 1 aromatic heterocycles. The summed E-state index contributed by atoms with van der Waals surface area (Å²) in [5.41, 5.74) is 0.440. The summed E-state index contributed by atoms with van der Waals surface area (Å²) in [4.78, 5) is 12.6. The van der Waals surface area contributed by atoms with Crippen LogP contribution in [0.4, 0.5) is 18.9 Å². The van der Waals surface area contributed by atoms with Crippen LogP contribution in [0.3, 0.4) is 0 Å². The number of benzene rings is 3. The van der Waals surface area contributed by atoms with Crippen LogP contribution in [0.1, 0.15) is 0 Å². The number of nitrogens with zero attached hydrogens (tertiary/aromatic N) is 1. The van der Waals surface area contributed by atoms with Gasteiger partial charge in [0.1, 0.15) is 17.4 Å². The lowest BCUT2D eigenvalue weighted by molar-refractivity contribution is 0.439. The summed E-state index contributed by atoms with van der Waals surface area (Å²) in [5, 5.41) is 0.468. The van der Waals surface area contributed by atoms with Crippen LogP contribution in [-0.4, -0.2) is 19.2 Å². The number of pyridine rings is 1. The quantitative estimate of drug-likeness (QED) is 0.451. The lowest BCUT2D eigenvalue weighted by atomic mass is 9.99. The molecule has 0 aliphatic carbocycles. The van der Waals surface area contributed by atoms with Gasteiger partial charge < -0.3 is 9.30 Å². The van der Waals surface area contributed by atoms with Crippen molar-refractivity contribution >= 4 is 26.5 Å². The molecule has 33 heavy (non-hydrogen) atoms. The predicted molar refractivity (Wildman–Crippen MR) is 119 cm³/mol. The topological polar surface area (TPSA) is 77.4 Å². The Kier molecular flexibility index (Phi) is 5.62. The van der Waals surface area contributed by atoms with Gasteiger partial charge in [-0.1, -0.05) is 6.07 Å². The van der Waals surface area contributed by atoms with Gasteiger partial charge in [-0.15, -0.1) is 0 Å². The molecule has 0 aliphatic heterocycles. The van der Waals surface area contributed by atoms with Crippen LogP contribution >= 0.6 is 0 Å². The van der Waals surface area contributed by atoms with E-state index in [2.05, 4.69) is 4.72 Å². The number of rotatable bonds is 5. The first-order valence-electron chi connectivity index (χ1n) is 9.56. The first-order valence-corrected chi connectivity index (χ1v) is 11.4. The van der Waals surface area contributed by atoms with Gasteiger partial charge in [-0.25, -0.2) is 21.6 Å². The van der Waals surface area contributed by atoms with E-state index in [9.17, 15) is 26.4 Å². The minimum absolute atomic E-state index is 0.0930. The lowest BCUT2D eigenvalue weighted by Crippen LogP contribution is -2.17. The third-order valence-electron chi connectivity index (χ3n) is 4.83. The molecule has 1 heterocycles. The standard InChI is InChI=1S/C23H17F3N2O4S/c1-28-12-19(16-6-3-13(24)9-18(16)23(28)29)17-11-15(27-33(2,30)31)5-8-21(17)32-22-7-4-14(25)10-20(22)26/h3-12,27H,1-2H3. The first kappa shape index (κ1) is 22.4. The van der Waals surface area contributed by atoms with Crippen LogP contribution in [0.25, 0.3) is 21.9 Å². The monoisotopic (exact) mass is 474 g/mol. The van der Waals surface area contributed by atoms with Crippen LogP contribution in [0.5, 0.6) is 11.5 Å². The molecule has 4 rings (SSSR count). The summed E-state index contributed by atoms with van der Waals surface area (Å²) in [6.45, 7) is 0. The molecule has 0 saturated heterocycles. The number of fused-ring (bicyclic) bond motifs is 1. The number of hydrogen-bond acceptors (Lipinski definition) is 4. The number of halogens is 3. The van der Waals surface area contributed by atoms with E-state index in [4.69, 9.17) is 4.74 Å². The van der Waals surface area contributed by atoms with Gasteiger partial charge in [-0.05, 0) is 47.9 Å². The van der Waals surface area contributed by atoms with Crippen molar-refractivity contribution in [2.45, 2.75) is 0 Å². The largest absolute Gasteiger partial charge is 0.454 e. The Labute approximate surface area is 186 Å². The smallest absolute Gasteiger partial charge is 0.258 e. The number of ether oxygens (including phenoxy) is 1. The molecular weight excluding hydrogens is 457 g/mol. The van der Waals surface area contributed by atoms with E-state index in [1.54, 1.807) is 0 Å². The second kappa shape index (κ2) is 8.28. The fraction of sp³-hybridized carbons (Fsp3) is 0.0870. The fourth-order valence-corrected chi connectivity index (χ4v) is 3.99. The van der Waals surface area contributed by atoms with Gasteiger partial charge in [-0.3, -0.25) is 9.52 Å². The minimum Gasteiger partial charge on any atom is -0.454 e. The summed E-state index contributed by atoms with van der Waals surface area (Å²) in [6, 6.07) is 10.8. The second-order valence-corrected chi connectivity index (χ2v) is 9.16. The fourth-order valence-electron chi connectivity index (χ4n) is 3.44. The highest BCUT2D eigenvalue weighted by atomic mass is 32.2. The molecule has 0 fully saturated rings. The molecule has 10 heteroatoms. The van der Waals surface area contributed by atoms with Gasteiger partial charge in [0.25, 0.3) is 5.56 Å². The number of anilines is 1. The Morgan fingerprint density at radius 3 is 2.21 bits per heavy atom. The zero-order valence-corrected chi connectivity index (χ0v) is 18.2. The van der Waals surface area contributed by atoms with E-state index in [0.29, 0.717) is 22.6 Å². The first-order chi connectivity index (χ1) is 15.5. The van der Waals surface area contributed by atoms with E-state index >= 15 is 0 Å². The summed E-state index contributed by atoms with van der Waals surface area (Å²) >= 11 is 0. The van der Waals surface area contributed by atoms with Crippen molar-refractivity contribution < 1.29 is 26.3 Å². The molecule has 0 amide bonds. The molecule has 0 saturated carbocycles. The molecule has 0 atom stereocenters. The lowest BCUT2D eigenvalue weighted by Gasteiger charge is -2.16. The molecule has 0 bridgehead atoms.